The molecule has 3 aromatic rings. The Morgan fingerprint density at radius 1 is 1.19 bits per heavy atom. The molecule has 1 N–H and O–H groups in total. The molecule has 1 fully saturated rings. The Hall–Kier alpha value is -3.12. The maximum atomic E-state index is 13.2. The molecule has 0 unspecified atom stereocenters. The highest BCUT2D eigenvalue weighted by molar-refractivity contribution is 5.97. The van der Waals surface area contributed by atoms with E-state index in [2.05, 4.69) is 29.2 Å². The smallest absolute Gasteiger partial charge is 0.228 e. The van der Waals surface area contributed by atoms with Crippen molar-refractivity contribution >= 4 is 11.6 Å². The Kier molecular flexibility index (Phi) is 6.90. The van der Waals surface area contributed by atoms with Crippen molar-refractivity contribution < 1.29 is 9.53 Å². The maximum absolute atomic E-state index is 13.2. The molecule has 0 radical (unpaired) electrons. The zero-order valence-corrected chi connectivity index (χ0v) is 19.2. The fourth-order valence-electron chi connectivity index (χ4n) is 4.46. The van der Waals surface area contributed by atoms with Gasteiger partial charge in [0.2, 0.25) is 5.91 Å². The molecule has 4 rings (SSSR count). The van der Waals surface area contributed by atoms with E-state index in [0.717, 1.165) is 61.6 Å². The third-order valence-corrected chi connectivity index (χ3v) is 6.36. The number of hydrogen-bond acceptors (Lipinski definition) is 4. The summed E-state index contributed by atoms with van der Waals surface area (Å²) in [6.07, 6.45) is 3.91. The van der Waals surface area contributed by atoms with Crippen molar-refractivity contribution in [2.75, 3.05) is 25.5 Å². The molecule has 1 aliphatic rings. The molecule has 1 aromatic heterocycles. The lowest BCUT2D eigenvalue weighted by Gasteiger charge is -2.32. The van der Waals surface area contributed by atoms with Gasteiger partial charge in [0, 0.05) is 42.1 Å². The van der Waals surface area contributed by atoms with Crippen LogP contribution in [-0.4, -0.2) is 40.8 Å². The van der Waals surface area contributed by atoms with Gasteiger partial charge in [0.25, 0.3) is 0 Å². The van der Waals surface area contributed by atoms with Gasteiger partial charge in [-0.2, -0.15) is 5.10 Å². The second-order valence-corrected chi connectivity index (χ2v) is 8.41. The summed E-state index contributed by atoms with van der Waals surface area (Å²) in [5.41, 5.74) is 5.37. The van der Waals surface area contributed by atoms with Crippen LogP contribution in [0.15, 0.2) is 54.7 Å². The molecule has 1 atom stereocenters. The van der Waals surface area contributed by atoms with Gasteiger partial charge in [-0.3, -0.25) is 14.4 Å². The SMILES string of the molecule is CCn1ncc(CN2CCC[C@H](C(=O)Nc3ccccc3-c3ccc(OC)cc3)C2)c1C. The molecule has 2 heterocycles. The number of nitrogens with one attached hydrogen (secondary N) is 1. The van der Waals surface area contributed by atoms with Gasteiger partial charge in [0.15, 0.2) is 0 Å². The summed E-state index contributed by atoms with van der Waals surface area (Å²) in [5.74, 6) is 0.892. The van der Waals surface area contributed by atoms with Gasteiger partial charge in [-0.25, -0.2) is 0 Å². The van der Waals surface area contributed by atoms with E-state index < -0.39 is 0 Å². The number of ether oxygens (including phenoxy) is 1. The van der Waals surface area contributed by atoms with Crippen molar-refractivity contribution in [1.82, 2.24) is 14.7 Å². The summed E-state index contributed by atoms with van der Waals surface area (Å²) in [4.78, 5) is 15.6. The number of aromatic nitrogens is 2. The first kappa shape index (κ1) is 22.1. The lowest BCUT2D eigenvalue weighted by Crippen LogP contribution is -2.40. The zero-order valence-electron chi connectivity index (χ0n) is 19.2. The molecule has 0 bridgehead atoms. The highest BCUT2D eigenvalue weighted by Gasteiger charge is 2.27. The fraction of sp³-hybridized carbons (Fsp3) is 0.385. The van der Waals surface area contributed by atoms with Crippen LogP contribution in [0.5, 0.6) is 5.75 Å². The van der Waals surface area contributed by atoms with E-state index in [1.807, 2.05) is 59.4 Å². The molecule has 2 aromatic carbocycles. The quantitative estimate of drug-likeness (QED) is 0.586. The fourth-order valence-corrected chi connectivity index (χ4v) is 4.46. The first-order valence-corrected chi connectivity index (χ1v) is 11.4. The molecular formula is C26H32N4O2. The van der Waals surface area contributed by atoms with Gasteiger partial charge in [-0.05, 0) is 57.0 Å². The Balaban J connectivity index is 1.44. The predicted octanol–water partition coefficient (Wildman–Crippen LogP) is 4.74. The van der Waals surface area contributed by atoms with Crippen LogP contribution in [0.25, 0.3) is 11.1 Å². The van der Waals surface area contributed by atoms with Crippen molar-refractivity contribution in [1.29, 1.82) is 0 Å². The summed E-state index contributed by atoms with van der Waals surface area (Å²) in [6.45, 7) is 7.74. The van der Waals surface area contributed by atoms with Crippen LogP contribution in [0, 0.1) is 12.8 Å². The number of nitrogens with zero attached hydrogens (tertiary/aromatic N) is 3. The molecule has 1 saturated heterocycles. The standard InChI is InChI=1S/C26H32N4O2/c1-4-30-19(2)22(16-27-30)18-29-15-7-8-21(17-29)26(31)28-25-10-6-5-9-24(25)20-11-13-23(32-3)14-12-20/h5-6,9-14,16,21H,4,7-8,15,17-18H2,1-3H3,(H,28,31)/t21-/m0/s1. The molecular weight excluding hydrogens is 400 g/mol. The van der Waals surface area contributed by atoms with Gasteiger partial charge < -0.3 is 10.1 Å². The number of aryl methyl sites for hydroxylation is 1. The topological polar surface area (TPSA) is 59.4 Å². The van der Waals surface area contributed by atoms with Crippen LogP contribution in [0.2, 0.25) is 0 Å². The Bertz CT molecular complexity index is 1060. The molecule has 1 amide bonds. The van der Waals surface area contributed by atoms with Gasteiger partial charge >= 0.3 is 0 Å². The summed E-state index contributed by atoms with van der Waals surface area (Å²) in [7, 11) is 1.66. The highest BCUT2D eigenvalue weighted by atomic mass is 16.5. The average Bonchev–Trinajstić information content (AvgIpc) is 3.18. The average molecular weight is 433 g/mol. The van der Waals surface area contributed by atoms with Crippen LogP contribution in [0.3, 0.4) is 0 Å². The van der Waals surface area contributed by atoms with E-state index in [-0.39, 0.29) is 11.8 Å². The molecule has 1 aliphatic heterocycles. The second-order valence-electron chi connectivity index (χ2n) is 8.41. The summed E-state index contributed by atoms with van der Waals surface area (Å²) < 4.78 is 7.29. The first-order chi connectivity index (χ1) is 15.6. The summed E-state index contributed by atoms with van der Waals surface area (Å²) in [5, 5.41) is 7.66. The molecule has 0 spiro atoms. The van der Waals surface area contributed by atoms with E-state index >= 15 is 0 Å². The third-order valence-electron chi connectivity index (χ3n) is 6.36. The van der Waals surface area contributed by atoms with Crippen molar-refractivity contribution in [3.8, 4) is 16.9 Å². The van der Waals surface area contributed by atoms with Gasteiger partial charge in [0.1, 0.15) is 5.75 Å². The number of amides is 1. The number of para-hydroxylation sites is 1. The van der Waals surface area contributed by atoms with E-state index in [1.54, 1.807) is 7.11 Å². The summed E-state index contributed by atoms with van der Waals surface area (Å²) in [6, 6.07) is 15.9. The number of methoxy groups -OCH3 is 1. The van der Waals surface area contributed by atoms with E-state index in [0.29, 0.717) is 0 Å². The predicted molar refractivity (Wildman–Crippen MR) is 128 cm³/mol. The first-order valence-electron chi connectivity index (χ1n) is 11.4. The molecule has 6 nitrogen and oxygen atoms in total. The summed E-state index contributed by atoms with van der Waals surface area (Å²) >= 11 is 0. The van der Waals surface area contributed by atoms with Crippen LogP contribution >= 0.6 is 0 Å². The number of rotatable bonds is 7. The van der Waals surface area contributed by atoms with Crippen LogP contribution in [-0.2, 0) is 17.9 Å². The van der Waals surface area contributed by atoms with Crippen molar-refractivity contribution in [2.45, 2.75) is 39.8 Å². The minimum Gasteiger partial charge on any atom is -0.497 e. The van der Waals surface area contributed by atoms with Crippen molar-refractivity contribution in [3.63, 3.8) is 0 Å². The highest BCUT2D eigenvalue weighted by Crippen LogP contribution is 2.30. The van der Waals surface area contributed by atoms with Crippen LogP contribution in [0.1, 0.15) is 31.0 Å². The van der Waals surface area contributed by atoms with Crippen molar-refractivity contribution in [3.05, 3.63) is 66.0 Å². The number of benzene rings is 2. The van der Waals surface area contributed by atoms with Gasteiger partial charge in [-0.1, -0.05) is 30.3 Å². The molecule has 0 aliphatic carbocycles. The van der Waals surface area contributed by atoms with Gasteiger partial charge in [-0.15, -0.1) is 0 Å². The van der Waals surface area contributed by atoms with Gasteiger partial charge in [0.05, 0.1) is 19.2 Å². The third kappa shape index (κ3) is 4.86. The lowest BCUT2D eigenvalue weighted by molar-refractivity contribution is -0.121. The normalized spacial score (nSPS) is 16.7. The number of likely N-dealkylation sites (tertiary alicyclic amines) is 1. The van der Waals surface area contributed by atoms with E-state index in [4.69, 9.17) is 4.74 Å². The maximum Gasteiger partial charge on any atom is 0.228 e. The molecule has 32 heavy (non-hydrogen) atoms. The largest absolute Gasteiger partial charge is 0.497 e. The minimum atomic E-state index is -0.0193. The van der Waals surface area contributed by atoms with Crippen molar-refractivity contribution in [2.24, 2.45) is 5.92 Å². The number of hydrogen-bond donors (Lipinski definition) is 1. The minimum absolute atomic E-state index is 0.0193. The lowest BCUT2D eigenvalue weighted by atomic mass is 9.96. The second kappa shape index (κ2) is 10.0. The Labute approximate surface area is 190 Å². The number of anilines is 1. The Morgan fingerprint density at radius 3 is 2.69 bits per heavy atom. The van der Waals surface area contributed by atoms with E-state index in [9.17, 15) is 4.79 Å². The zero-order chi connectivity index (χ0) is 22.5. The number of carbonyl (C=O) groups is 1. The van der Waals surface area contributed by atoms with Crippen LogP contribution in [0.4, 0.5) is 5.69 Å². The number of carbonyl (C=O) groups excluding carboxylic acids is 1. The van der Waals surface area contributed by atoms with E-state index in [1.165, 1.54) is 11.3 Å². The Morgan fingerprint density at radius 2 is 1.97 bits per heavy atom. The molecule has 6 heteroatoms. The van der Waals surface area contributed by atoms with Crippen LogP contribution < -0.4 is 10.1 Å². The molecule has 0 saturated carbocycles. The molecule has 168 valence electrons. The number of piperidine rings is 1. The monoisotopic (exact) mass is 432 g/mol.